The van der Waals surface area contributed by atoms with Gasteiger partial charge in [-0.25, -0.2) is 4.98 Å². The minimum absolute atomic E-state index is 0.338. The first-order valence-corrected chi connectivity index (χ1v) is 7.89. The number of fused-ring (bicyclic) bond motifs is 1. The molecule has 0 saturated heterocycles. The van der Waals surface area contributed by atoms with E-state index in [1.165, 1.54) is 0 Å². The Bertz CT molecular complexity index is 537. The van der Waals surface area contributed by atoms with Gasteiger partial charge in [0, 0.05) is 13.0 Å². The van der Waals surface area contributed by atoms with Crippen molar-refractivity contribution < 1.29 is 14.3 Å². The lowest BCUT2D eigenvalue weighted by Gasteiger charge is -2.09. The largest absolute Gasteiger partial charge is 0.441 e. The van der Waals surface area contributed by atoms with Crippen molar-refractivity contribution >= 4 is 28.8 Å². The predicted molar refractivity (Wildman–Crippen MR) is 79.7 cm³/mol. The number of hydrogen-bond donors (Lipinski definition) is 2. The Morgan fingerprint density at radius 2 is 2.30 bits per heavy atom. The van der Waals surface area contributed by atoms with Crippen molar-refractivity contribution in [2.24, 2.45) is 0 Å². The minimum Gasteiger partial charge on any atom is -0.441 e. The zero-order valence-corrected chi connectivity index (χ0v) is 12.2. The zero-order valence-electron chi connectivity index (χ0n) is 11.3. The van der Waals surface area contributed by atoms with E-state index in [9.17, 15) is 9.90 Å². The molecule has 108 valence electrons. The molecule has 1 aromatic heterocycles. The SMILES string of the molecule is CSCC[C@@H](O)C(=O)NCCc1nc2ccccc2o1. The molecule has 0 unspecified atom stereocenters. The predicted octanol–water partition coefficient (Wildman–Crippen LogP) is 1.60. The number of nitrogens with zero attached hydrogens (tertiary/aromatic N) is 1. The van der Waals surface area contributed by atoms with Crippen LogP contribution in [-0.2, 0) is 11.2 Å². The van der Waals surface area contributed by atoms with Gasteiger partial charge in [-0.2, -0.15) is 11.8 Å². The number of thioether (sulfide) groups is 1. The van der Waals surface area contributed by atoms with E-state index >= 15 is 0 Å². The molecule has 0 spiro atoms. The summed E-state index contributed by atoms with van der Waals surface area (Å²) in [6.07, 6.45) is 1.98. The molecular formula is C14H18N2O3S. The fourth-order valence-corrected chi connectivity index (χ4v) is 2.26. The third-order valence-electron chi connectivity index (χ3n) is 2.87. The number of oxazole rings is 1. The van der Waals surface area contributed by atoms with E-state index in [-0.39, 0.29) is 5.91 Å². The van der Waals surface area contributed by atoms with Crippen LogP contribution in [0.3, 0.4) is 0 Å². The number of carbonyl (C=O) groups excluding carboxylic acids is 1. The third-order valence-corrected chi connectivity index (χ3v) is 3.52. The van der Waals surface area contributed by atoms with E-state index in [0.29, 0.717) is 25.3 Å². The molecule has 0 aliphatic carbocycles. The van der Waals surface area contributed by atoms with Crippen LogP contribution in [0.4, 0.5) is 0 Å². The summed E-state index contributed by atoms with van der Waals surface area (Å²) in [6.45, 7) is 0.405. The summed E-state index contributed by atoms with van der Waals surface area (Å²) in [4.78, 5) is 15.9. The highest BCUT2D eigenvalue weighted by Crippen LogP contribution is 2.14. The molecule has 0 aliphatic heterocycles. The van der Waals surface area contributed by atoms with Gasteiger partial charge in [0.25, 0.3) is 0 Å². The Labute approximate surface area is 121 Å². The highest BCUT2D eigenvalue weighted by atomic mass is 32.2. The third kappa shape index (κ3) is 3.98. The van der Waals surface area contributed by atoms with Gasteiger partial charge in [-0.15, -0.1) is 0 Å². The normalized spacial score (nSPS) is 12.5. The monoisotopic (exact) mass is 294 g/mol. The molecule has 1 atom stereocenters. The highest BCUT2D eigenvalue weighted by Gasteiger charge is 2.14. The number of aliphatic hydroxyl groups excluding tert-OH is 1. The molecule has 6 heteroatoms. The quantitative estimate of drug-likeness (QED) is 0.811. The van der Waals surface area contributed by atoms with Gasteiger partial charge in [0.05, 0.1) is 0 Å². The van der Waals surface area contributed by atoms with Crippen molar-refractivity contribution in [1.29, 1.82) is 0 Å². The maximum Gasteiger partial charge on any atom is 0.248 e. The number of benzene rings is 1. The Hall–Kier alpha value is -1.53. The van der Waals surface area contributed by atoms with Crippen LogP contribution in [0, 0.1) is 0 Å². The molecule has 2 N–H and O–H groups in total. The molecule has 2 rings (SSSR count). The number of amides is 1. The number of para-hydroxylation sites is 2. The van der Waals surface area contributed by atoms with Crippen LogP contribution in [0.15, 0.2) is 28.7 Å². The lowest BCUT2D eigenvalue weighted by atomic mass is 10.2. The standard InChI is InChI=1S/C14H18N2O3S/c1-20-9-7-11(17)14(18)15-8-6-13-16-10-4-2-3-5-12(10)19-13/h2-5,11,17H,6-9H2,1H3,(H,15,18)/t11-/m1/s1. The summed E-state index contributed by atoms with van der Waals surface area (Å²) in [5, 5.41) is 12.3. The average molecular weight is 294 g/mol. The number of aliphatic hydroxyl groups is 1. The number of hydrogen-bond acceptors (Lipinski definition) is 5. The molecule has 1 heterocycles. The van der Waals surface area contributed by atoms with Crippen LogP contribution < -0.4 is 5.32 Å². The van der Waals surface area contributed by atoms with E-state index in [1.807, 2.05) is 30.5 Å². The van der Waals surface area contributed by atoms with Gasteiger partial charge in [-0.3, -0.25) is 4.79 Å². The van der Waals surface area contributed by atoms with Gasteiger partial charge in [-0.1, -0.05) is 12.1 Å². The van der Waals surface area contributed by atoms with E-state index < -0.39 is 6.10 Å². The second kappa shape index (κ2) is 7.31. The maximum absolute atomic E-state index is 11.6. The average Bonchev–Trinajstić information content (AvgIpc) is 2.87. The molecular weight excluding hydrogens is 276 g/mol. The Kier molecular flexibility index (Phi) is 5.43. The molecule has 0 saturated carbocycles. The van der Waals surface area contributed by atoms with E-state index in [2.05, 4.69) is 10.3 Å². The topological polar surface area (TPSA) is 75.4 Å². The van der Waals surface area contributed by atoms with E-state index in [1.54, 1.807) is 11.8 Å². The molecule has 0 fully saturated rings. The number of carbonyl (C=O) groups is 1. The van der Waals surface area contributed by atoms with Crippen molar-refractivity contribution in [2.75, 3.05) is 18.6 Å². The summed E-state index contributed by atoms with van der Waals surface area (Å²) < 4.78 is 5.55. The smallest absolute Gasteiger partial charge is 0.248 e. The molecule has 0 radical (unpaired) electrons. The zero-order chi connectivity index (χ0) is 14.4. The molecule has 1 amide bonds. The maximum atomic E-state index is 11.6. The summed E-state index contributed by atoms with van der Waals surface area (Å²) >= 11 is 1.61. The lowest BCUT2D eigenvalue weighted by Crippen LogP contribution is -2.36. The molecule has 0 bridgehead atoms. The van der Waals surface area contributed by atoms with Crippen molar-refractivity contribution in [3.8, 4) is 0 Å². The van der Waals surface area contributed by atoms with Crippen LogP contribution in [0.2, 0.25) is 0 Å². The van der Waals surface area contributed by atoms with Crippen LogP contribution in [0.1, 0.15) is 12.3 Å². The van der Waals surface area contributed by atoms with Gasteiger partial charge in [0.15, 0.2) is 11.5 Å². The fourth-order valence-electron chi connectivity index (χ4n) is 1.80. The molecule has 0 aliphatic rings. The number of nitrogens with one attached hydrogen (secondary N) is 1. The summed E-state index contributed by atoms with van der Waals surface area (Å²) in [5.74, 6) is 1.01. The van der Waals surface area contributed by atoms with Crippen LogP contribution in [0.5, 0.6) is 0 Å². The Morgan fingerprint density at radius 1 is 1.50 bits per heavy atom. The first-order valence-electron chi connectivity index (χ1n) is 6.50. The minimum atomic E-state index is -0.939. The number of rotatable bonds is 7. The Balaban J connectivity index is 1.79. The lowest BCUT2D eigenvalue weighted by molar-refractivity contribution is -0.129. The van der Waals surface area contributed by atoms with Crippen LogP contribution in [0.25, 0.3) is 11.1 Å². The van der Waals surface area contributed by atoms with Crippen molar-refractivity contribution in [1.82, 2.24) is 10.3 Å². The van der Waals surface area contributed by atoms with Crippen LogP contribution >= 0.6 is 11.8 Å². The van der Waals surface area contributed by atoms with Crippen LogP contribution in [-0.4, -0.2) is 40.7 Å². The second-order valence-electron chi connectivity index (χ2n) is 4.41. The first kappa shape index (κ1) is 14.9. The van der Waals surface area contributed by atoms with Crippen molar-refractivity contribution in [3.05, 3.63) is 30.2 Å². The molecule has 1 aromatic carbocycles. The number of aromatic nitrogens is 1. The van der Waals surface area contributed by atoms with Gasteiger partial charge < -0.3 is 14.8 Å². The van der Waals surface area contributed by atoms with E-state index in [4.69, 9.17) is 4.42 Å². The second-order valence-corrected chi connectivity index (χ2v) is 5.40. The van der Waals surface area contributed by atoms with Gasteiger partial charge in [-0.05, 0) is 30.6 Å². The van der Waals surface area contributed by atoms with Crippen molar-refractivity contribution in [3.63, 3.8) is 0 Å². The summed E-state index contributed by atoms with van der Waals surface area (Å²) in [6, 6.07) is 7.53. The molecule has 5 nitrogen and oxygen atoms in total. The fraction of sp³-hybridized carbons (Fsp3) is 0.429. The van der Waals surface area contributed by atoms with Gasteiger partial charge >= 0.3 is 0 Å². The molecule has 20 heavy (non-hydrogen) atoms. The molecule has 2 aromatic rings. The summed E-state index contributed by atoms with van der Waals surface area (Å²) in [7, 11) is 0. The van der Waals surface area contributed by atoms with Crippen molar-refractivity contribution in [2.45, 2.75) is 18.9 Å². The first-order chi connectivity index (χ1) is 9.70. The Morgan fingerprint density at radius 3 is 3.05 bits per heavy atom. The van der Waals surface area contributed by atoms with E-state index in [0.717, 1.165) is 16.9 Å². The highest BCUT2D eigenvalue weighted by molar-refractivity contribution is 7.98. The van der Waals surface area contributed by atoms with Gasteiger partial charge in [0.1, 0.15) is 11.6 Å². The van der Waals surface area contributed by atoms with Gasteiger partial charge in [0.2, 0.25) is 5.91 Å². The summed E-state index contributed by atoms with van der Waals surface area (Å²) in [5.41, 5.74) is 1.56.